The smallest absolute Gasteiger partial charge is 0.103 e. The van der Waals surface area contributed by atoms with Crippen LogP contribution in [0.3, 0.4) is 0 Å². The summed E-state index contributed by atoms with van der Waals surface area (Å²) in [4.78, 5) is 0. The van der Waals surface area contributed by atoms with Gasteiger partial charge in [-0.05, 0) is 18.8 Å². The fourth-order valence-electron chi connectivity index (χ4n) is 1.27. The highest BCUT2D eigenvalue weighted by molar-refractivity contribution is 4.70. The molecule has 96 valence electrons. The molecule has 2 atom stereocenters. The van der Waals surface area contributed by atoms with Gasteiger partial charge in [0.15, 0.2) is 0 Å². The molecule has 1 nitrogen and oxygen atoms in total. The molecule has 0 spiro atoms. The Morgan fingerprint density at radius 2 is 1.40 bits per heavy atom. The van der Waals surface area contributed by atoms with Crippen molar-refractivity contribution < 1.29 is 9.87 Å². The van der Waals surface area contributed by atoms with Crippen LogP contribution < -0.4 is 0 Å². The summed E-state index contributed by atoms with van der Waals surface area (Å²) in [5.41, 5.74) is 0. The van der Waals surface area contributed by atoms with Gasteiger partial charge >= 0.3 is 0 Å². The van der Waals surface area contributed by atoms with Gasteiger partial charge in [0.1, 0.15) is 6.17 Å². The zero-order chi connectivity index (χ0) is 11.4. The maximum atomic E-state index is 12.6. The minimum absolute atomic E-state index is 0. The average Bonchev–Trinajstić information content (AvgIpc) is 2.26. The highest BCUT2D eigenvalue weighted by Crippen LogP contribution is 2.25. The zero-order valence-electron chi connectivity index (χ0n) is 11.3. The number of hydrogen-bond donors (Lipinski definition) is 0. The fourth-order valence-corrected chi connectivity index (χ4v) is 1.27. The van der Waals surface area contributed by atoms with Gasteiger partial charge in [0.25, 0.3) is 0 Å². The zero-order valence-corrected chi connectivity index (χ0v) is 11.3. The molecule has 1 aliphatic rings. The highest BCUT2D eigenvalue weighted by atomic mass is 19.1. The van der Waals surface area contributed by atoms with Crippen LogP contribution in [0, 0.1) is 5.92 Å². The van der Waals surface area contributed by atoms with Gasteiger partial charge in [0.2, 0.25) is 0 Å². The van der Waals surface area contributed by atoms with Crippen molar-refractivity contribution in [1.29, 1.82) is 0 Å². The molecule has 1 rings (SSSR count). The highest BCUT2D eigenvalue weighted by Gasteiger charge is 2.19. The molecular weight excluding hydrogens is 191 g/mol. The van der Waals surface area contributed by atoms with Crippen LogP contribution in [0.1, 0.15) is 73.1 Å². The maximum Gasteiger partial charge on any atom is 0.103 e. The third-order valence-corrected chi connectivity index (χ3v) is 2.51. The Bertz CT molecular complexity index is 84.5. The van der Waals surface area contributed by atoms with Crippen molar-refractivity contribution in [3.8, 4) is 0 Å². The van der Waals surface area contributed by atoms with Crippen molar-refractivity contribution in [2.24, 2.45) is 5.92 Å². The molecule has 1 aliphatic carbocycles. The third kappa shape index (κ3) is 13.9. The first-order valence-electron chi connectivity index (χ1n) is 6.36. The lowest BCUT2D eigenvalue weighted by molar-refractivity contribution is 0.179. The lowest BCUT2D eigenvalue weighted by Gasteiger charge is -2.21. The monoisotopic (exact) mass is 222 g/mol. The summed E-state index contributed by atoms with van der Waals surface area (Å²) in [6, 6.07) is 0. The summed E-state index contributed by atoms with van der Waals surface area (Å²) in [5, 5.41) is 0. The predicted molar refractivity (Wildman–Crippen MR) is 68.1 cm³/mol. The van der Waals surface area contributed by atoms with Crippen molar-refractivity contribution >= 4 is 0 Å². The van der Waals surface area contributed by atoms with E-state index in [0.29, 0.717) is 5.92 Å². The normalized spacial score (nSPS) is 23.6. The molecular formula is C13H31FO. The molecule has 1 fully saturated rings. The molecule has 0 amide bonds. The van der Waals surface area contributed by atoms with Gasteiger partial charge in [-0.1, -0.05) is 60.3 Å². The Kier molecular flexibility index (Phi) is 22.1. The molecule has 2 heteroatoms. The topological polar surface area (TPSA) is 31.5 Å². The molecule has 0 aliphatic heterocycles. The second-order valence-electron chi connectivity index (χ2n) is 3.78. The summed E-state index contributed by atoms with van der Waals surface area (Å²) in [7, 11) is 0. The first-order chi connectivity index (χ1) is 6.72. The lowest BCUT2D eigenvalue weighted by atomic mass is 9.89. The first kappa shape index (κ1) is 20.3. The van der Waals surface area contributed by atoms with Crippen molar-refractivity contribution in [2.45, 2.75) is 79.3 Å². The fraction of sp³-hybridized carbons (Fsp3) is 1.00. The molecule has 0 aromatic rings. The first-order valence-corrected chi connectivity index (χ1v) is 6.36. The number of rotatable bonds is 1. The van der Waals surface area contributed by atoms with E-state index in [0.717, 1.165) is 19.3 Å². The molecule has 0 radical (unpaired) electrons. The second kappa shape index (κ2) is 16.3. The molecule has 0 saturated heterocycles. The van der Waals surface area contributed by atoms with Crippen LogP contribution in [0.25, 0.3) is 0 Å². The molecule has 15 heavy (non-hydrogen) atoms. The molecule has 0 aromatic carbocycles. The van der Waals surface area contributed by atoms with Gasteiger partial charge in [-0.3, -0.25) is 0 Å². The predicted octanol–water partition coefficient (Wildman–Crippen LogP) is 4.54. The van der Waals surface area contributed by atoms with Gasteiger partial charge in [-0.2, -0.15) is 0 Å². The Balaban J connectivity index is -0.000000179. The van der Waals surface area contributed by atoms with E-state index in [1.54, 1.807) is 0 Å². The Morgan fingerprint density at radius 3 is 1.60 bits per heavy atom. The summed E-state index contributed by atoms with van der Waals surface area (Å²) in [5.74, 6) is 0.337. The van der Waals surface area contributed by atoms with E-state index in [4.69, 9.17) is 0 Å². The van der Waals surface area contributed by atoms with Gasteiger partial charge < -0.3 is 5.48 Å². The van der Waals surface area contributed by atoms with Crippen LogP contribution in [-0.2, 0) is 0 Å². The Hall–Kier alpha value is -0.110. The maximum absolute atomic E-state index is 12.6. The van der Waals surface area contributed by atoms with Crippen molar-refractivity contribution in [3.05, 3.63) is 0 Å². The van der Waals surface area contributed by atoms with Crippen LogP contribution in [0.4, 0.5) is 4.39 Å². The number of unbranched alkanes of at least 4 members (excludes halogenated alkanes) is 1. The van der Waals surface area contributed by atoms with E-state index in [-0.39, 0.29) is 5.48 Å². The minimum Gasteiger partial charge on any atom is -0.412 e. The number of hydrogen-bond acceptors (Lipinski definition) is 0. The van der Waals surface area contributed by atoms with E-state index in [1.807, 2.05) is 20.8 Å². The van der Waals surface area contributed by atoms with Gasteiger partial charge in [-0.25, -0.2) is 4.39 Å². The van der Waals surface area contributed by atoms with Crippen molar-refractivity contribution in [2.75, 3.05) is 0 Å². The van der Waals surface area contributed by atoms with E-state index < -0.39 is 6.17 Å². The van der Waals surface area contributed by atoms with Crippen molar-refractivity contribution in [1.82, 2.24) is 0 Å². The summed E-state index contributed by atoms with van der Waals surface area (Å²) in [6.45, 7) is 10.4. The molecule has 2 unspecified atom stereocenters. The van der Waals surface area contributed by atoms with E-state index in [1.165, 1.54) is 19.3 Å². The van der Waals surface area contributed by atoms with Crippen LogP contribution in [-0.4, -0.2) is 11.6 Å². The summed E-state index contributed by atoms with van der Waals surface area (Å²) < 4.78 is 12.6. The largest absolute Gasteiger partial charge is 0.412 e. The molecule has 0 bridgehead atoms. The van der Waals surface area contributed by atoms with Crippen LogP contribution >= 0.6 is 0 Å². The molecule has 2 N–H and O–H groups in total. The van der Waals surface area contributed by atoms with Gasteiger partial charge in [0.05, 0.1) is 0 Å². The van der Waals surface area contributed by atoms with E-state index >= 15 is 0 Å². The summed E-state index contributed by atoms with van der Waals surface area (Å²) >= 11 is 0. The van der Waals surface area contributed by atoms with E-state index in [9.17, 15) is 4.39 Å². The van der Waals surface area contributed by atoms with Gasteiger partial charge in [-0.15, -0.1) is 0 Å². The van der Waals surface area contributed by atoms with Crippen LogP contribution in [0.5, 0.6) is 0 Å². The number of halogens is 1. The summed E-state index contributed by atoms with van der Waals surface area (Å²) in [6.07, 6.45) is 6.39. The van der Waals surface area contributed by atoms with Crippen molar-refractivity contribution in [3.63, 3.8) is 0 Å². The molecule has 0 heterocycles. The minimum atomic E-state index is -0.497. The van der Waals surface area contributed by atoms with Gasteiger partial charge in [0, 0.05) is 0 Å². The third-order valence-electron chi connectivity index (χ3n) is 2.51. The number of alkyl halides is 1. The molecule has 1 saturated carbocycles. The molecule has 0 aromatic heterocycles. The van der Waals surface area contributed by atoms with Crippen LogP contribution in [0.15, 0.2) is 0 Å². The Morgan fingerprint density at radius 1 is 1.00 bits per heavy atom. The average molecular weight is 222 g/mol. The lowest BCUT2D eigenvalue weighted by Crippen LogP contribution is -2.16. The second-order valence-corrected chi connectivity index (χ2v) is 3.78. The van der Waals surface area contributed by atoms with Crippen LogP contribution in [0.2, 0.25) is 0 Å². The van der Waals surface area contributed by atoms with E-state index in [2.05, 4.69) is 13.8 Å². The Labute approximate surface area is 95.8 Å². The standard InChI is InChI=1S/C7H13F.C4H10.C2H6.H2O/c1-6-4-2-3-5-7(6)8;1-3-4-2;1-2;/h6-7H,2-5H2,1H3;3-4H2,1-2H3;1-2H3;1H2. The quantitative estimate of drug-likeness (QED) is 0.623. The SMILES string of the molecule is CC.CC1CCCCC1F.CCCC.O.